The van der Waals surface area contributed by atoms with Gasteiger partial charge in [-0.1, -0.05) is 24.3 Å². The van der Waals surface area contributed by atoms with Crippen molar-refractivity contribution < 1.29 is 9.59 Å². The first-order chi connectivity index (χ1) is 8.74. The Kier molecular flexibility index (Phi) is 1.72. The second-order valence-corrected chi connectivity index (χ2v) is 4.91. The minimum atomic E-state index is -0.0396. The van der Waals surface area contributed by atoms with Crippen molar-refractivity contribution in [1.29, 1.82) is 0 Å². The van der Waals surface area contributed by atoms with Crippen LogP contribution in [0.3, 0.4) is 0 Å². The SMILES string of the molecule is O=C1CC(=O)c2cc3c(cc21)Cc1ccccc1-3. The number of fused-ring (bicyclic) bond motifs is 4. The highest BCUT2D eigenvalue weighted by atomic mass is 16.2. The molecule has 0 saturated carbocycles. The van der Waals surface area contributed by atoms with Gasteiger partial charge in [-0.25, -0.2) is 0 Å². The van der Waals surface area contributed by atoms with Crippen LogP contribution in [-0.4, -0.2) is 11.6 Å². The summed E-state index contributed by atoms with van der Waals surface area (Å²) < 4.78 is 0. The number of carbonyl (C=O) groups is 2. The minimum Gasteiger partial charge on any atom is -0.294 e. The molecule has 86 valence electrons. The molecule has 4 rings (SSSR count). The maximum absolute atomic E-state index is 11.8. The fourth-order valence-electron chi connectivity index (χ4n) is 2.98. The molecular weight excluding hydrogens is 224 g/mol. The summed E-state index contributed by atoms with van der Waals surface area (Å²) in [6.45, 7) is 0. The van der Waals surface area contributed by atoms with Crippen molar-refractivity contribution in [3.63, 3.8) is 0 Å². The molecule has 2 heteroatoms. The van der Waals surface area contributed by atoms with Crippen LogP contribution < -0.4 is 0 Å². The molecule has 0 fully saturated rings. The number of Topliss-reactive ketones (excluding diaryl/α,β-unsaturated/α-hetero) is 2. The van der Waals surface area contributed by atoms with Gasteiger partial charge in [0, 0.05) is 11.1 Å². The van der Waals surface area contributed by atoms with Crippen LogP contribution in [0.5, 0.6) is 0 Å². The van der Waals surface area contributed by atoms with Gasteiger partial charge in [-0.15, -0.1) is 0 Å². The molecule has 18 heavy (non-hydrogen) atoms. The Labute approximate surface area is 104 Å². The van der Waals surface area contributed by atoms with E-state index in [1.807, 2.05) is 24.3 Å². The van der Waals surface area contributed by atoms with E-state index in [1.165, 1.54) is 11.1 Å². The smallest absolute Gasteiger partial charge is 0.171 e. The van der Waals surface area contributed by atoms with Crippen molar-refractivity contribution >= 4 is 11.6 Å². The van der Waals surface area contributed by atoms with E-state index in [0.29, 0.717) is 11.1 Å². The van der Waals surface area contributed by atoms with E-state index in [-0.39, 0.29) is 18.0 Å². The lowest BCUT2D eigenvalue weighted by Gasteiger charge is -2.03. The van der Waals surface area contributed by atoms with Crippen molar-refractivity contribution in [3.8, 4) is 11.1 Å². The van der Waals surface area contributed by atoms with Gasteiger partial charge >= 0.3 is 0 Å². The summed E-state index contributed by atoms with van der Waals surface area (Å²) in [5.74, 6) is -0.0732. The number of rotatable bonds is 0. The lowest BCUT2D eigenvalue weighted by atomic mass is 9.99. The Bertz CT molecular complexity index is 726. The first-order valence-corrected chi connectivity index (χ1v) is 6.05. The van der Waals surface area contributed by atoms with Gasteiger partial charge in [-0.2, -0.15) is 0 Å². The topological polar surface area (TPSA) is 34.1 Å². The first-order valence-electron chi connectivity index (χ1n) is 6.05. The lowest BCUT2D eigenvalue weighted by Crippen LogP contribution is -1.93. The third-order valence-corrected chi connectivity index (χ3v) is 3.85. The molecule has 2 aliphatic rings. The minimum absolute atomic E-state index is 0.0336. The molecule has 0 saturated heterocycles. The fourth-order valence-corrected chi connectivity index (χ4v) is 2.98. The molecule has 2 aromatic carbocycles. The van der Waals surface area contributed by atoms with Crippen LogP contribution >= 0.6 is 0 Å². The molecule has 0 amide bonds. The second-order valence-electron chi connectivity index (χ2n) is 4.91. The van der Waals surface area contributed by atoms with Crippen LogP contribution in [0.4, 0.5) is 0 Å². The Morgan fingerprint density at radius 1 is 0.667 bits per heavy atom. The van der Waals surface area contributed by atoms with Gasteiger partial charge in [-0.3, -0.25) is 9.59 Å². The quantitative estimate of drug-likeness (QED) is 0.560. The highest BCUT2D eigenvalue weighted by Gasteiger charge is 2.30. The van der Waals surface area contributed by atoms with Crippen LogP contribution in [0.2, 0.25) is 0 Å². The zero-order valence-electron chi connectivity index (χ0n) is 9.69. The maximum Gasteiger partial charge on any atom is 0.171 e. The van der Waals surface area contributed by atoms with E-state index in [0.717, 1.165) is 17.5 Å². The van der Waals surface area contributed by atoms with Crippen LogP contribution in [0, 0.1) is 0 Å². The molecule has 0 aromatic heterocycles. The zero-order valence-corrected chi connectivity index (χ0v) is 9.69. The van der Waals surface area contributed by atoms with Gasteiger partial charge < -0.3 is 0 Å². The van der Waals surface area contributed by atoms with Crippen molar-refractivity contribution in [2.45, 2.75) is 12.8 Å². The summed E-state index contributed by atoms with van der Waals surface area (Å²) in [5.41, 5.74) is 5.98. The lowest BCUT2D eigenvalue weighted by molar-refractivity contribution is 0.0923. The normalized spacial score (nSPS) is 15.6. The molecule has 0 radical (unpaired) electrons. The number of carbonyl (C=O) groups excluding carboxylic acids is 2. The van der Waals surface area contributed by atoms with Crippen molar-refractivity contribution in [1.82, 2.24) is 0 Å². The van der Waals surface area contributed by atoms with E-state index in [4.69, 9.17) is 0 Å². The van der Waals surface area contributed by atoms with Crippen LogP contribution in [0.15, 0.2) is 36.4 Å². The van der Waals surface area contributed by atoms with Crippen LogP contribution in [0.25, 0.3) is 11.1 Å². The standard InChI is InChI=1S/C16H10O2/c17-15-8-16(18)14-7-12-10(6-13(14)15)5-9-3-1-2-4-11(9)12/h1-4,6-7H,5,8H2. The van der Waals surface area contributed by atoms with E-state index < -0.39 is 0 Å². The predicted octanol–water partition coefficient (Wildman–Crippen LogP) is 3.03. The van der Waals surface area contributed by atoms with Gasteiger partial charge in [0.15, 0.2) is 11.6 Å². The van der Waals surface area contributed by atoms with Crippen LogP contribution in [0.1, 0.15) is 38.3 Å². The third-order valence-electron chi connectivity index (χ3n) is 3.85. The summed E-state index contributed by atoms with van der Waals surface area (Å²) in [6.07, 6.45) is 0.903. The van der Waals surface area contributed by atoms with E-state index in [9.17, 15) is 9.59 Å². The van der Waals surface area contributed by atoms with E-state index in [1.54, 1.807) is 0 Å². The Morgan fingerprint density at radius 2 is 1.39 bits per heavy atom. The summed E-state index contributed by atoms with van der Waals surface area (Å²) in [6, 6.07) is 12.0. The van der Waals surface area contributed by atoms with Gasteiger partial charge in [0.2, 0.25) is 0 Å². The molecule has 0 bridgehead atoms. The molecule has 2 aliphatic carbocycles. The number of ketones is 2. The van der Waals surface area contributed by atoms with Crippen LogP contribution in [-0.2, 0) is 6.42 Å². The van der Waals surface area contributed by atoms with E-state index >= 15 is 0 Å². The van der Waals surface area contributed by atoms with E-state index in [2.05, 4.69) is 12.1 Å². The second kappa shape index (κ2) is 3.16. The summed E-state index contributed by atoms with van der Waals surface area (Å²) in [5, 5.41) is 0. The molecule has 0 spiro atoms. The molecule has 0 heterocycles. The Morgan fingerprint density at radius 3 is 2.22 bits per heavy atom. The summed E-state index contributed by atoms with van der Waals surface area (Å²) in [4.78, 5) is 23.5. The molecule has 2 nitrogen and oxygen atoms in total. The number of hydrogen-bond acceptors (Lipinski definition) is 2. The van der Waals surface area contributed by atoms with Crippen molar-refractivity contribution in [2.75, 3.05) is 0 Å². The zero-order chi connectivity index (χ0) is 12.3. The van der Waals surface area contributed by atoms with Crippen molar-refractivity contribution in [3.05, 3.63) is 58.7 Å². The van der Waals surface area contributed by atoms with Gasteiger partial charge in [0.05, 0.1) is 6.42 Å². The highest BCUT2D eigenvalue weighted by Crippen LogP contribution is 2.39. The number of hydrogen-bond donors (Lipinski definition) is 0. The average molecular weight is 234 g/mol. The Balaban J connectivity index is 2.01. The number of benzene rings is 2. The maximum atomic E-state index is 11.8. The van der Waals surface area contributed by atoms with Gasteiger partial charge in [-0.05, 0) is 40.8 Å². The molecule has 2 aromatic rings. The molecule has 0 unspecified atom stereocenters. The average Bonchev–Trinajstić information content (AvgIpc) is 2.86. The Hall–Kier alpha value is -2.22. The fraction of sp³-hybridized carbons (Fsp3) is 0.125. The highest BCUT2D eigenvalue weighted by molar-refractivity contribution is 6.24. The summed E-state index contributed by atoms with van der Waals surface area (Å²) in [7, 11) is 0. The largest absolute Gasteiger partial charge is 0.294 e. The van der Waals surface area contributed by atoms with Gasteiger partial charge in [0.1, 0.15) is 0 Å². The predicted molar refractivity (Wildman–Crippen MR) is 68.0 cm³/mol. The molecule has 0 atom stereocenters. The molecular formula is C16H10O2. The first kappa shape index (κ1) is 9.77. The van der Waals surface area contributed by atoms with Gasteiger partial charge in [0.25, 0.3) is 0 Å². The summed E-state index contributed by atoms with van der Waals surface area (Å²) >= 11 is 0. The molecule has 0 N–H and O–H groups in total. The molecule has 0 aliphatic heterocycles. The third kappa shape index (κ3) is 1.12. The van der Waals surface area contributed by atoms with Crippen molar-refractivity contribution in [2.24, 2.45) is 0 Å². The monoisotopic (exact) mass is 234 g/mol.